The van der Waals surface area contributed by atoms with Gasteiger partial charge < -0.3 is 0 Å². The maximum absolute atomic E-state index is 15.1. The summed E-state index contributed by atoms with van der Waals surface area (Å²) in [5, 5.41) is 0. The van der Waals surface area contributed by atoms with Gasteiger partial charge in [-0.3, -0.25) is 0 Å². The van der Waals surface area contributed by atoms with Gasteiger partial charge in [0, 0.05) is 0 Å². The first-order chi connectivity index (χ1) is 12.3. The van der Waals surface area contributed by atoms with Gasteiger partial charge in [-0.05, 0) is 80.5 Å². The molecule has 0 N–H and O–H groups in total. The van der Waals surface area contributed by atoms with Gasteiger partial charge in [0.2, 0.25) is 0 Å². The Kier molecular flexibility index (Phi) is 6.40. The van der Waals surface area contributed by atoms with Gasteiger partial charge in [-0.1, -0.05) is 64.2 Å². The highest BCUT2D eigenvalue weighted by atomic mass is 19.1. The number of hydrogen-bond donors (Lipinski definition) is 0. The van der Waals surface area contributed by atoms with E-state index in [0.29, 0.717) is 5.92 Å². The van der Waals surface area contributed by atoms with E-state index in [0.717, 1.165) is 36.0 Å². The van der Waals surface area contributed by atoms with Crippen molar-refractivity contribution in [3.8, 4) is 0 Å². The Labute approximate surface area is 155 Å². The molecular formula is C24H41F. The van der Waals surface area contributed by atoms with Crippen molar-refractivity contribution in [1.29, 1.82) is 0 Å². The molecule has 0 aromatic carbocycles. The van der Waals surface area contributed by atoms with E-state index in [-0.39, 0.29) is 0 Å². The van der Waals surface area contributed by atoms with Crippen LogP contribution in [0.4, 0.5) is 4.39 Å². The highest BCUT2D eigenvalue weighted by Gasteiger charge is 2.40. The molecule has 4 saturated carbocycles. The average molecular weight is 349 g/mol. The van der Waals surface area contributed by atoms with Crippen LogP contribution in [0.2, 0.25) is 0 Å². The Morgan fingerprint density at radius 3 is 1.40 bits per heavy atom. The smallest absolute Gasteiger partial charge is 0.103 e. The molecule has 3 unspecified atom stereocenters. The molecular weight excluding hydrogens is 307 g/mol. The molecule has 3 atom stereocenters. The largest absolute Gasteiger partial charge is 0.247 e. The van der Waals surface area contributed by atoms with Crippen LogP contribution in [0.15, 0.2) is 0 Å². The minimum atomic E-state index is -0.475. The van der Waals surface area contributed by atoms with Gasteiger partial charge in [0.25, 0.3) is 0 Å². The fraction of sp³-hybridized carbons (Fsp3) is 1.00. The molecule has 0 heterocycles. The van der Waals surface area contributed by atoms with Gasteiger partial charge in [-0.2, -0.15) is 0 Å². The Hall–Kier alpha value is -0.0700. The van der Waals surface area contributed by atoms with E-state index in [9.17, 15) is 0 Å². The summed E-state index contributed by atoms with van der Waals surface area (Å²) in [4.78, 5) is 0. The van der Waals surface area contributed by atoms with Crippen LogP contribution in [-0.4, -0.2) is 6.17 Å². The van der Waals surface area contributed by atoms with E-state index in [4.69, 9.17) is 0 Å². The lowest BCUT2D eigenvalue weighted by Crippen LogP contribution is -2.37. The zero-order valence-electron chi connectivity index (χ0n) is 16.4. The molecule has 4 aliphatic rings. The number of rotatable bonds is 3. The Bertz CT molecular complexity index is 385. The predicted molar refractivity (Wildman–Crippen MR) is 104 cm³/mol. The van der Waals surface area contributed by atoms with E-state index in [1.807, 2.05) is 0 Å². The molecule has 0 bridgehead atoms. The third kappa shape index (κ3) is 4.44. The van der Waals surface area contributed by atoms with E-state index < -0.39 is 6.17 Å². The average Bonchev–Trinajstić information content (AvgIpc) is 2.69. The fourth-order valence-corrected chi connectivity index (χ4v) is 7.38. The standard InChI is InChI=1S/C24H41F/c25-24-17-22(19-9-5-2-6-10-19)15-16-23(24)21-13-11-20(12-14-21)18-7-3-1-4-8-18/h18-24H,1-17H2. The Morgan fingerprint density at radius 1 is 0.400 bits per heavy atom. The first-order valence-corrected chi connectivity index (χ1v) is 12.0. The summed E-state index contributed by atoms with van der Waals surface area (Å²) in [5.41, 5.74) is 0. The van der Waals surface area contributed by atoms with Crippen molar-refractivity contribution < 1.29 is 4.39 Å². The van der Waals surface area contributed by atoms with Crippen molar-refractivity contribution in [2.45, 2.75) is 115 Å². The van der Waals surface area contributed by atoms with Crippen LogP contribution in [0.1, 0.15) is 109 Å². The van der Waals surface area contributed by atoms with E-state index in [2.05, 4.69) is 0 Å². The van der Waals surface area contributed by atoms with Crippen molar-refractivity contribution in [1.82, 2.24) is 0 Å². The lowest BCUT2D eigenvalue weighted by molar-refractivity contribution is 0.0303. The van der Waals surface area contributed by atoms with Gasteiger partial charge in [0.05, 0.1) is 0 Å². The van der Waals surface area contributed by atoms with Crippen LogP contribution in [0, 0.1) is 35.5 Å². The van der Waals surface area contributed by atoms with Crippen LogP contribution < -0.4 is 0 Å². The minimum absolute atomic E-state index is 0.423. The Balaban J connectivity index is 1.24. The summed E-state index contributed by atoms with van der Waals surface area (Å²) >= 11 is 0. The fourth-order valence-electron chi connectivity index (χ4n) is 7.38. The third-order valence-corrected chi connectivity index (χ3v) is 8.92. The lowest BCUT2D eigenvalue weighted by Gasteiger charge is -2.43. The number of hydrogen-bond acceptors (Lipinski definition) is 0. The molecule has 0 aliphatic heterocycles. The van der Waals surface area contributed by atoms with E-state index in [1.165, 1.54) is 103 Å². The lowest BCUT2D eigenvalue weighted by atomic mass is 9.63. The summed E-state index contributed by atoms with van der Waals surface area (Å²) in [5.74, 6) is 4.76. The third-order valence-electron chi connectivity index (χ3n) is 8.92. The molecule has 144 valence electrons. The van der Waals surface area contributed by atoms with Gasteiger partial charge >= 0.3 is 0 Å². The molecule has 0 aromatic heterocycles. The predicted octanol–water partition coefficient (Wildman–Crippen LogP) is 7.71. The van der Waals surface area contributed by atoms with Crippen LogP contribution in [0.25, 0.3) is 0 Å². The first-order valence-electron chi connectivity index (χ1n) is 12.0. The molecule has 4 fully saturated rings. The molecule has 0 spiro atoms. The molecule has 0 amide bonds. The van der Waals surface area contributed by atoms with Crippen LogP contribution in [0.5, 0.6) is 0 Å². The normalized spacial score (nSPS) is 42.4. The second kappa shape index (κ2) is 8.75. The van der Waals surface area contributed by atoms with E-state index in [1.54, 1.807) is 0 Å². The molecule has 0 aromatic rings. The Morgan fingerprint density at radius 2 is 0.840 bits per heavy atom. The van der Waals surface area contributed by atoms with Crippen LogP contribution in [0.3, 0.4) is 0 Å². The second-order valence-electron chi connectivity index (χ2n) is 10.2. The van der Waals surface area contributed by atoms with Crippen molar-refractivity contribution >= 4 is 0 Å². The van der Waals surface area contributed by atoms with Crippen molar-refractivity contribution in [2.24, 2.45) is 35.5 Å². The SMILES string of the molecule is FC1CC(C2CCCCC2)CCC1C1CCC(C2CCCCC2)CC1. The molecule has 4 aliphatic carbocycles. The monoisotopic (exact) mass is 348 g/mol. The summed E-state index contributed by atoms with van der Waals surface area (Å²) in [6, 6.07) is 0. The van der Waals surface area contributed by atoms with Crippen molar-refractivity contribution in [3.05, 3.63) is 0 Å². The zero-order chi connectivity index (χ0) is 17.1. The highest BCUT2D eigenvalue weighted by Crippen LogP contribution is 2.48. The minimum Gasteiger partial charge on any atom is -0.247 e. The van der Waals surface area contributed by atoms with Crippen molar-refractivity contribution in [3.63, 3.8) is 0 Å². The molecule has 0 nitrogen and oxygen atoms in total. The van der Waals surface area contributed by atoms with E-state index >= 15 is 4.39 Å². The molecule has 4 rings (SSSR count). The van der Waals surface area contributed by atoms with Gasteiger partial charge in [0.15, 0.2) is 0 Å². The summed E-state index contributed by atoms with van der Waals surface area (Å²) < 4.78 is 15.1. The molecule has 0 saturated heterocycles. The number of halogens is 1. The van der Waals surface area contributed by atoms with Gasteiger partial charge in [-0.15, -0.1) is 0 Å². The number of alkyl halides is 1. The topological polar surface area (TPSA) is 0 Å². The zero-order valence-corrected chi connectivity index (χ0v) is 16.4. The maximum atomic E-state index is 15.1. The van der Waals surface area contributed by atoms with Crippen molar-refractivity contribution in [2.75, 3.05) is 0 Å². The highest BCUT2D eigenvalue weighted by molar-refractivity contribution is 4.90. The summed E-state index contributed by atoms with van der Waals surface area (Å²) in [6.07, 6.45) is 23.0. The second-order valence-corrected chi connectivity index (χ2v) is 10.2. The molecule has 25 heavy (non-hydrogen) atoms. The maximum Gasteiger partial charge on any atom is 0.103 e. The first kappa shape index (κ1) is 18.3. The summed E-state index contributed by atoms with van der Waals surface area (Å²) in [6.45, 7) is 0. The molecule has 1 heteroatoms. The van der Waals surface area contributed by atoms with Gasteiger partial charge in [0.1, 0.15) is 6.17 Å². The summed E-state index contributed by atoms with van der Waals surface area (Å²) in [7, 11) is 0. The van der Waals surface area contributed by atoms with Gasteiger partial charge in [-0.25, -0.2) is 4.39 Å². The quantitative estimate of drug-likeness (QED) is 0.490. The van der Waals surface area contributed by atoms with Crippen LogP contribution in [-0.2, 0) is 0 Å². The van der Waals surface area contributed by atoms with Crippen LogP contribution >= 0.6 is 0 Å². The molecule has 0 radical (unpaired) electrons.